The Kier molecular flexibility index (Phi) is 5.86. The molecule has 4 N–H and O–H groups in total. The minimum absolute atomic E-state index is 0.133. The maximum atomic E-state index is 14.7. The van der Waals surface area contributed by atoms with Crippen molar-refractivity contribution in [1.29, 1.82) is 5.26 Å². The molecular weight excluding hydrogens is 387 g/mol. The number of nitrogens with one attached hydrogen (secondary N) is 2. The van der Waals surface area contributed by atoms with Crippen molar-refractivity contribution in [3.8, 4) is 17.2 Å². The second-order valence-corrected chi connectivity index (χ2v) is 8.47. The number of fused-ring (bicyclic) bond motifs is 2. The van der Waals surface area contributed by atoms with Gasteiger partial charge in [-0.2, -0.15) is 5.26 Å². The number of rotatable bonds is 6. The Hall–Kier alpha value is -2.40. The maximum absolute atomic E-state index is 14.7. The van der Waals surface area contributed by atoms with E-state index in [-0.39, 0.29) is 24.2 Å². The van der Waals surface area contributed by atoms with Gasteiger partial charge in [-0.25, -0.2) is 4.39 Å². The molecule has 1 saturated heterocycles. The highest BCUT2D eigenvalue weighted by atomic mass is 32.2. The largest absolute Gasteiger partial charge is 0.339 e. The molecule has 2 aromatic rings. The van der Waals surface area contributed by atoms with Crippen LogP contribution in [0.25, 0.3) is 11.1 Å². The van der Waals surface area contributed by atoms with Gasteiger partial charge < -0.3 is 10.6 Å². The van der Waals surface area contributed by atoms with Crippen LogP contribution in [0.2, 0.25) is 0 Å². The van der Waals surface area contributed by atoms with E-state index in [2.05, 4.69) is 16.7 Å². The summed E-state index contributed by atoms with van der Waals surface area (Å²) in [6.45, 7) is 0. The van der Waals surface area contributed by atoms with Crippen LogP contribution >= 0.6 is 11.9 Å². The van der Waals surface area contributed by atoms with Gasteiger partial charge in [0, 0.05) is 17.4 Å². The third kappa shape index (κ3) is 4.30. The van der Waals surface area contributed by atoms with Gasteiger partial charge in [0.25, 0.3) is 0 Å². The highest BCUT2D eigenvalue weighted by Crippen LogP contribution is 2.35. The van der Waals surface area contributed by atoms with E-state index in [1.807, 2.05) is 30.3 Å². The number of carbonyl (C=O) groups excluding carboxylic acids is 1. The van der Waals surface area contributed by atoms with E-state index in [1.165, 1.54) is 6.07 Å². The van der Waals surface area contributed by atoms with E-state index < -0.39 is 6.04 Å². The summed E-state index contributed by atoms with van der Waals surface area (Å²) < 4.78 is 14.7. The molecule has 4 atom stereocenters. The van der Waals surface area contributed by atoms with Gasteiger partial charge >= 0.3 is 0 Å². The van der Waals surface area contributed by atoms with Gasteiger partial charge in [-0.1, -0.05) is 24.3 Å². The second-order valence-electron chi connectivity index (χ2n) is 7.76. The summed E-state index contributed by atoms with van der Waals surface area (Å²) in [6, 6.07) is 14.1. The number of benzene rings is 2. The maximum Gasteiger partial charge on any atom is 0.238 e. The highest BCUT2D eigenvalue weighted by molar-refractivity contribution is 7.97. The van der Waals surface area contributed by atoms with Crippen molar-refractivity contribution in [3.05, 3.63) is 53.8 Å². The predicted molar refractivity (Wildman–Crippen MR) is 111 cm³/mol. The first kappa shape index (κ1) is 19.9. The molecule has 150 valence electrons. The number of amides is 1. The van der Waals surface area contributed by atoms with Gasteiger partial charge in [0.1, 0.15) is 11.9 Å². The number of hydrogen-bond acceptors (Lipinski definition) is 5. The van der Waals surface area contributed by atoms with Crippen LogP contribution in [0.5, 0.6) is 0 Å². The topological polar surface area (TPSA) is 90.9 Å². The number of nitrogens with two attached hydrogens (primary N) is 1. The lowest BCUT2D eigenvalue weighted by molar-refractivity contribution is -0.124. The van der Waals surface area contributed by atoms with Crippen molar-refractivity contribution in [3.63, 3.8) is 0 Å². The predicted octanol–water partition coefficient (Wildman–Crippen LogP) is 3.15. The molecule has 7 heteroatoms. The number of nitrogens with zero attached hydrogens (tertiary/aromatic N) is 1. The summed E-state index contributed by atoms with van der Waals surface area (Å²) in [5, 5.41) is 21.2. The van der Waals surface area contributed by atoms with Gasteiger partial charge in [0.15, 0.2) is 0 Å². The Morgan fingerprint density at radius 2 is 2.14 bits per heavy atom. The van der Waals surface area contributed by atoms with Crippen molar-refractivity contribution in [1.82, 2.24) is 10.6 Å². The summed E-state index contributed by atoms with van der Waals surface area (Å²) in [5.41, 5.74) is 2.02. The summed E-state index contributed by atoms with van der Waals surface area (Å²) in [7, 11) is 0. The molecule has 0 spiro atoms. The van der Waals surface area contributed by atoms with Gasteiger partial charge in [-0.3, -0.25) is 9.93 Å². The lowest BCUT2D eigenvalue weighted by atomic mass is 9.98. The molecule has 2 fully saturated rings. The minimum atomic E-state index is -0.763. The van der Waals surface area contributed by atoms with Gasteiger partial charge in [-0.05, 0) is 72.0 Å². The van der Waals surface area contributed by atoms with Crippen molar-refractivity contribution in [2.24, 2.45) is 11.1 Å². The summed E-state index contributed by atoms with van der Waals surface area (Å²) in [5.74, 6) is -0.199. The number of piperidine rings is 1. The Labute approximate surface area is 174 Å². The lowest BCUT2D eigenvalue weighted by Gasteiger charge is -2.23. The van der Waals surface area contributed by atoms with Gasteiger partial charge in [-0.15, -0.1) is 0 Å². The molecule has 5 nitrogen and oxygen atoms in total. The molecular formula is C22H23FN4OS. The zero-order valence-corrected chi connectivity index (χ0v) is 16.7. The van der Waals surface area contributed by atoms with E-state index in [1.54, 1.807) is 6.07 Å². The van der Waals surface area contributed by atoms with Crippen LogP contribution in [0.3, 0.4) is 0 Å². The Bertz CT molecular complexity index is 960. The Morgan fingerprint density at radius 1 is 1.31 bits per heavy atom. The minimum Gasteiger partial charge on any atom is -0.339 e. The van der Waals surface area contributed by atoms with Crippen molar-refractivity contribution < 1.29 is 9.18 Å². The Balaban J connectivity index is 1.43. The van der Waals surface area contributed by atoms with Crippen molar-refractivity contribution >= 4 is 17.9 Å². The summed E-state index contributed by atoms with van der Waals surface area (Å²) in [4.78, 5) is 13.4. The highest BCUT2D eigenvalue weighted by Gasteiger charge is 2.43. The van der Waals surface area contributed by atoms with Crippen LogP contribution in [0, 0.1) is 23.1 Å². The van der Waals surface area contributed by atoms with Crippen LogP contribution < -0.4 is 15.8 Å². The molecule has 4 rings (SSSR count). The average Bonchev–Trinajstić information content (AvgIpc) is 3.38. The second kappa shape index (κ2) is 8.54. The van der Waals surface area contributed by atoms with E-state index in [9.17, 15) is 14.4 Å². The molecule has 1 aliphatic carbocycles. The molecule has 2 bridgehead atoms. The monoisotopic (exact) mass is 410 g/mol. The molecule has 2 unspecified atom stereocenters. The molecule has 29 heavy (non-hydrogen) atoms. The first-order valence-electron chi connectivity index (χ1n) is 9.79. The number of halogens is 1. The van der Waals surface area contributed by atoms with E-state index in [0.29, 0.717) is 17.5 Å². The molecule has 1 aliphatic heterocycles. The van der Waals surface area contributed by atoms with Crippen molar-refractivity contribution in [2.75, 3.05) is 0 Å². The van der Waals surface area contributed by atoms with Crippen LogP contribution in [0.4, 0.5) is 4.39 Å². The quantitative estimate of drug-likeness (QED) is 0.637. The zero-order chi connectivity index (χ0) is 20.4. The number of hydrogen-bond donors (Lipinski definition) is 3. The fourth-order valence-corrected chi connectivity index (χ4v) is 4.75. The van der Waals surface area contributed by atoms with Crippen LogP contribution in [-0.2, 0) is 11.2 Å². The standard InChI is InChI=1S/C22H23FN4OS/c23-20-11-14(13-2-1-3-19(10-13)29-25)4-5-15(20)8-18(12-24)27-22(28)21-16-6-7-17(9-16)26-21/h1-5,10-11,16-18,21,26H,6-9,25H2,(H,27,28)/t16?,17-,18?,21+/m1/s1. The smallest absolute Gasteiger partial charge is 0.238 e. The molecule has 1 amide bonds. The normalized spacial score (nSPS) is 23.6. The molecule has 2 aromatic carbocycles. The van der Waals surface area contributed by atoms with Gasteiger partial charge in [0.2, 0.25) is 5.91 Å². The third-order valence-electron chi connectivity index (χ3n) is 5.90. The summed E-state index contributed by atoms with van der Waals surface area (Å²) in [6.07, 6.45) is 3.32. The summed E-state index contributed by atoms with van der Waals surface area (Å²) >= 11 is 1.14. The number of nitriles is 1. The SMILES string of the molecule is N#CC(Cc1ccc(-c2cccc(SN)c2)cc1F)NC(=O)[C@H]1N[C@@H]2CCC1C2. The average molecular weight is 411 g/mol. The lowest BCUT2D eigenvalue weighted by Crippen LogP contribution is -2.50. The number of carbonyl (C=O) groups is 1. The van der Waals surface area contributed by atoms with E-state index >= 15 is 0 Å². The molecule has 2 aliphatic rings. The third-order valence-corrected chi connectivity index (χ3v) is 6.42. The molecule has 1 heterocycles. The first-order chi connectivity index (χ1) is 14.1. The fraction of sp³-hybridized carbons (Fsp3) is 0.364. The van der Waals surface area contributed by atoms with Crippen LogP contribution in [0.1, 0.15) is 24.8 Å². The van der Waals surface area contributed by atoms with Crippen molar-refractivity contribution in [2.45, 2.75) is 48.7 Å². The van der Waals surface area contributed by atoms with E-state index in [0.717, 1.165) is 47.2 Å². The fourth-order valence-electron chi connectivity index (χ4n) is 4.40. The first-order valence-corrected chi connectivity index (χ1v) is 10.7. The van der Waals surface area contributed by atoms with Crippen LogP contribution in [0.15, 0.2) is 47.4 Å². The molecule has 0 radical (unpaired) electrons. The molecule has 0 aromatic heterocycles. The van der Waals surface area contributed by atoms with Gasteiger partial charge in [0.05, 0.1) is 12.1 Å². The molecule has 1 saturated carbocycles. The zero-order valence-electron chi connectivity index (χ0n) is 15.9. The van der Waals surface area contributed by atoms with E-state index in [4.69, 9.17) is 5.14 Å². The van der Waals surface area contributed by atoms with Crippen LogP contribution in [-0.4, -0.2) is 24.0 Å². The Morgan fingerprint density at radius 3 is 2.79 bits per heavy atom.